The van der Waals surface area contributed by atoms with E-state index in [4.69, 9.17) is 0 Å². The minimum Gasteiger partial charge on any atom is -0.373 e. The van der Waals surface area contributed by atoms with Gasteiger partial charge in [-0.3, -0.25) is 4.79 Å². The third-order valence-electron chi connectivity index (χ3n) is 3.74. The Bertz CT molecular complexity index is 611. The number of benzene rings is 2. The fourth-order valence-electron chi connectivity index (χ4n) is 2.63. The van der Waals surface area contributed by atoms with Gasteiger partial charge in [0.2, 0.25) is 5.91 Å². The second-order valence-corrected chi connectivity index (χ2v) is 5.06. The molecule has 20 heavy (non-hydrogen) atoms. The zero-order valence-corrected chi connectivity index (χ0v) is 11.5. The number of amides is 1. The number of rotatable bonds is 3. The van der Waals surface area contributed by atoms with Gasteiger partial charge in [-0.1, -0.05) is 43.3 Å². The molecule has 0 radical (unpaired) electrons. The summed E-state index contributed by atoms with van der Waals surface area (Å²) in [4.78, 5) is 12.4. The molecule has 102 valence electrons. The number of carbonyl (C=O) groups is 1. The highest BCUT2D eigenvalue weighted by molar-refractivity contribution is 5.98. The molecule has 0 unspecified atom stereocenters. The average Bonchev–Trinajstić information content (AvgIpc) is 2.92. The van der Waals surface area contributed by atoms with E-state index in [9.17, 15) is 4.79 Å². The fraction of sp³-hybridized carbons (Fsp3) is 0.235. The third-order valence-corrected chi connectivity index (χ3v) is 3.74. The maximum atomic E-state index is 12.4. The molecule has 1 aliphatic heterocycles. The van der Waals surface area contributed by atoms with Crippen molar-refractivity contribution >= 4 is 17.3 Å². The monoisotopic (exact) mass is 266 g/mol. The van der Waals surface area contributed by atoms with Gasteiger partial charge in [-0.05, 0) is 29.7 Å². The Morgan fingerprint density at radius 2 is 1.95 bits per heavy atom. The summed E-state index contributed by atoms with van der Waals surface area (Å²) in [6, 6.07) is 15.8. The van der Waals surface area contributed by atoms with Crippen LogP contribution in [0.2, 0.25) is 0 Å². The summed E-state index contributed by atoms with van der Waals surface area (Å²) in [5, 5.41) is 6.32. The molecule has 0 aromatic heterocycles. The summed E-state index contributed by atoms with van der Waals surface area (Å²) in [6.45, 7) is 2.09. The molecule has 0 saturated heterocycles. The van der Waals surface area contributed by atoms with Crippen molar-refractivity contribution in [3.63, 3.8) is 0 Å². The summed E-state index contributed by atoms with van der Waals surface area (Å²) in [5.41, 5.74) is 4.35. The van der Waals surface area contributed by atoms with E-state index in [1.807, 2.05) is 42.5 Å². The lowest BCUT2D eigenvalue weighted by atomic mass is 10.1. The van der Waals surface area contributed by atoms with Crippen LogP contribution in [0.3, 0.4) is 0 Å². The van der Waals surface area contributed by atoms with Gasteiger partial charge in [-0.2, -0.15) is 0 Å². The number of carbonyl (C=O) groups excluding carboxylic acids is 1. The Balaban J connectivity index is 1.72. The molecule has 1 heterocycles. The van der Waals surface area contributed by atoms with E-state index in [2.05, 4.69) is 23.6 Å². The van der Waals surface area contributed by atoms with Gasteiger partial charge >= 0.3 is 0 Å². The second-order valence-electron chi connectivity index (χ2n) is 5.06. The number of nitrogens with one attached hydrogen (secondary N) is 2. The van der Waals surface area contributed by atoms with E-state index in [0.717, 1.165) is 29.8 Å². The van der Waals surface area contributed by atoms with Crippen molar-refractivity contribution in [2.24, 2.45) is 0 Å². The molecule has 0 saturated carbocycles. The van der Waals surface area contributed by atoms with Crippen LogP contribution in [0.15, 0.2) is 48.5 Å². The Hall–Kier alpha value is -2.29. The van der Waals surface area contributed by atoms with Crippen molar-refractivity contribution in [2.75, 3.05) is 10.6 Å². The van der Waals surface area contributed by atoms with E-state index >= 15 is 0 Å². The first-order valence-electron chi connectivity index (χ1n) is 7.01. The topological polar surface area (TPSA) is 41.1 Å². The molecule has 1 atom stereocenters. The highest BCUT2D eigenvalue weighted by atomic mass is 16.2. The van der Waals surface area contributed by atoms with Crippen LogP contribution in [0.25, 0.3) is 0 Å². The highest BCUT2D eigenvalue weighted by Gasteiger charge is 2.26. The van der Waals surface area contributed by atoms with Crippen molar-refractivity contribution in [2.45, 2.75) is 25.8 Å². The van der Waals surface area contributed by atoms with E-state index < -0.39 is 0 Å². The van der Waals surface area contributed by atoms with Gasteiger partial charge in [0.05, 0.1) is 0 Å². The first-order valence-corrected chi connectivity index (χ1v) is 7.01. The first kappa shape index (κ1) is 12.7. The summed E-state index contributed by atoms with van der Waals surface area (Å²) in [7, 11) is 0. The van der Waals surface area contributed by atoms with Crippen molar-refractivity contribution in [1.29, 1.82) is 0 Å². The predicted molar refractivity (Wildman–Crippen MR) is 82.0 cm³/mol. The van der Waals surface area contributed by atoms with Crippen LogP contribution in [0.4, 0.5) is 11.4 Å². The number of para-hydroxylation sites is 2. The molecule has 0 aliphatic carbocycles. The number of aryl methyl sites for hydroxylation is 1. The molecule has 0 spiro atoms. The van der Waals surface area contributed by atoms with E-state index in [0.29, 0.717) is 0 Å². The lowest BCUT2D eigenvalue weighted by molar-refractivity contribution is -0.116. The van der Waals surface area contributed by atoms with E-state index in [1.54, 1.807) is 0 Å². The SMILES string of the molecule is CCc1ccccc1NC(=O)[C@@H]1Cc2ccccc2N1. The highest BCUT2D eigenvalue weighted by Crippen LogP contribution is 2.26. The van der Waals surface area contributed by atoms with Gasteiger partial charge in [-0.15, -0.1) is 0 Å². The molecule has 0 fully saturated rings. The second kappa shape index (κ2) is 5.37. The maximum absolute atomic E-state index is 12.4. The third kappa shape index (κ3) is 2.39. The van der Waals surface area contributed by atoms with Gasteiger partial charge < -0.3 is 10.6 Å². The lowest BCUT2D eigenvalue weighted by Gasteiger charge is -2.14. The fourth-order valence-corrected chi connectivity index (χ4v) is 2.63. The predicted octanol–water partition coefficient (Wildman–Crippen LogP) is 3.22. The number of hydrogen-bond acceptors (Lipinski definition) is 2. The molecule has 2 aromatic rings. The van der Waals surface area contributed by atoms with Crippen LogP contribution in [0, 0.1) is 0 Å². The lowest BCUT2D eigenvalue weighted by Crippen LogP contribution is -2.33. The minimum atomic E-state index is -0.183. The van der Waals surface area contributed by atoms with Crippen molar-refractivity contribution in [3.8, 4) is 0 Å². The van der Waals surface area contributed by atoms with Crippen LogP contribution >= 0.6 is 0 Å². The van der Waals surface area contributed by atoms with Crippen LogP contribution in [-0.4, -0.2) is 11.9 Å². The Kier molecular flexibility index (Phi) is 3.42. The molecule has 1 aliphatic rings. The van der Waals surface area contributed by atoms with Gasteiger partial charge in [0.1, 0.15) is 6.04 Å². The van der Waals surface area contributed by atoms with Crippen LogP contribution in [0.1, 0.15) is 18.1 Å². The molecular formula is C17H18N2O. The van der Waals surface area contributed by atoms with Gasteiger partial charge in [0.25, 0.3) is 0 Å². The molecular weight excluding hydrogens is 248 g/mol. The molecule has 3 rings (SSSR count). The Morgan fingerprint density at radius 3 is 2.75 bits per heavy atom. The van der Waals surface area contributed by atoms with Crippen molar-refractivity contribution in [1.82, 2.24) is 0 Å². The van der Waals surface area contributed by atoms with E-state index in [1.165, 1.54) is 5.56 Å². The van der Waals surface area contributed by atoms with Crippen LogP contribution < -0.4 is 10.6 Å². The Labute approximate surface area is 119 Å². The smallest absolute Gasteiger partial charge is 0.247 e. The summed E-state index contributed by atoms with van der Waals surface area (Å²) in [5.74, 6) is 0.0297. The summed E-state index contributed by atoms with van der Waals surface area (Å²) >= 11 is 0. The summed E-state index contributed by atoms with van der Waals surface area (Å²) in [6.07, 6.45) is 1.66. The summed E-state index contributed by atoms with van der Waals surface area (Å²) < 4.78 is 0. The van der Waals surface area contributed by atoms with Crippen molar-refractivity contribution < 1.29 is 4.79 Å². The average molecular weight is 266 g/mol. The quantitative estimate of drug-likeness (QED) is 0.895. The number of fused-ring (bicyclic) bond motifs is 1. The van der Waals surface area contributed by atoms with Crippen molar-refractivity contribution in [3.05, 3.63) is 59.7 Å². The maximum Gasteiger partial charge on any atom is 0.247 e. The molecule has 3 nitrogen and oxygen atoms in total. The molecule has 2 N–H and O–H groups in total. The number of hydrogen-bond donors (Lipinski definition) is 2. The standard InChI is InChI=1S/C17H18N2O/c1-2-12-7-3-5-9-14(12)19-17(20)16-11-13-8-4-6-10-15(13)18-16/h3-10,16,18H,2,11H2,1H3,(H,19,20)/t16-/m0/s1. The zero-order chi connectivity index (χ0) is 13.9. The van der Waals surface area contributed by atoms with Gasteiger partial charge in [0.15, 0.2) is 0 Å². The van der Waals surface area contributed by atoms with Gasteiger partial charge in [-0.25, -0.2) is 0 Å². The largest absolute Gasteiger partial charge is 0.373 e. The van der Waals surface area contributed by atoms with E-state index in [-0.39, 0.29) is 11.9 Å². The molecule has 2 aromatic carbocycles. The normalized spacial score (nSPS) is 16.4. The zero-order valence-electron chi connectivity index (χ0n) is 11.5. The molecule has 3 heteroatoms. The molecule has 0 bridgehead atoms. The Morgan fingerprint density at radius 1 is 1.20 bits per heavy atom. The first-order chi connectivity index (χ1) is 9.78. The van der Waals surface area contributed by atoms with Crippen LogP contribution in [-0.2, 0) is 17.6 Å². The molecule has 1 amide bonds. The van der Waals surface area contributed by atoms with Crippen LogP contribution in [0.5, 0.6) is 0 Å². The van der Waals surface area contributed by atoms with Gasteiger partial charge in [0, 0.05) is 17.8 Å². The number of anilines is 2. The minimum absolute atomic E-state index is 0.0297.